The highest BCUT2D eigenvalue weighted by molar-refractivity contribution is 6.07. The Morgan fingerprint density at radius 1 is 1.03 bits per heavy atom. The Morgan fingerprint density at radius 3 is 2.44 bits per heavy atom. The van der Waals surface area contributed by atoms with Crippen LogP contribution in [-0.4, -0.2) is 40.8 Å². The largest absolute Gasteiger partial charge is 0.354 e. The zero-order valence-corrected chi connectivity index (χ0v) is 19.3. The molecule has 1 saturated heterocycles. The van der Waals surface area contributed by atoms with E-state index in [1.807, 2.05) is 49.1 Å². The Morgan fingerprint density at radius 2 is 1.75 bits per heavy atom. The third-order valence-electron chi connectivity index (χ3n) is 6.19. The molecule has 4 rings (SSSR count). The van der Waals surface area contributed by atoms with Crippen molar-refractivity contribution in [3.05, 3.63) is 65.2 Å². The molecule has 3 aromatic rings. The molecule has 32 heavy (non-hydrogen) atoms. The summed E-state index contributed by atoms with van der Waals surface area (Å²) < 4.78 is 0. The Hall–Kier alpha value is -3.21. The van der Waals surface area contributed by atoms with E-state index >= 15 is 0 Å². The molecular formula is C27H31N3O2. The lowest BCUT2D eigenvalue weighted by Crippen LogP contribution is -2.44. The van der Waals surface area contributed by atoms with E-state index in [9.17, 15) is 9.59 Å². The first kappa shape index (κ1) is 22.0. The van der Waals surface area contributed by atoms with Crippen LogP contribution in [-0.2, 0) is 4.79 Å². The SMILES string of the molecule is Cc1ccc(-c2cc(C(=O)N3CCC(C(=O)NC(C)C)CC3)c3ccccc3n2)c(C)c1. The van der Waals surface area contributed by atoms with Gasteiger partial charge in [0.1, 0.15) is 0 Å². The fourth-order valence-electron chi connectivity index (χ4n) is 4.51. The maximum atomic E-state index is 13.6. The lowest BCUT2D eigenvalue weighted by atomic mass is 9.94. The van der Waals surface area contributed by atoms with Gasteiger partial charge in [-0.05, 0) is 58.2 Å². The first-order valence-corrected chi connectivity index (χ1v) is 11.4. The number of hydrogen-bond acceptors (Lipinski definition) is 3. The second kappa shape index (κ2) is 9.11. The van der Waals surface area contributed by atoms with Gasteiger partial charge in [0.2, 0.25) is 5.91 Å². The van der Waals surface area contributed by atoms with Crippen LogP contribution in [0.4, 0.5) is 0 Å². The van der Waals surface area contributed by atoms with Gasteiger partial charge >= 0.3 is 0 Å². The number of pyridine rings is 1. The van der Waals surface area contributed by atoms with Crippen molar-refractivity contribution in [2.75, 3.05) is 13.1 Å². The second-order valence-corrected chi connectivity index (χ2v) is 9.12. The zero-order valence-electron chi connectivity index (χ0n) is 19.3. The maximum Gasteiger partial charge on any atom is 0.254 e. The lowest BCUT2D eigenvalue weighted by Gasteiger charge is -2.32. The van der Waals surface area contributed by atoms with E-state index in [0.29, 0.717) is 31.5 Å². The summed E-state index contributed by atoms with van der Waals surface area (Å²) >= 11 is 0. The van der Waals surface area contributed by atoms with Crippen LogP contribution in [0, 0.1) is 19.8 Å². The van der Waals surface area contributed by atoms with Gasteiger partial charge in [0.25, 0.3) is 5.91 Å². The van der Waals surface area contributed by atoms with E-state index in [1.165, 1.54) is 5.56 Å². The summed E-state index contributed by atoms with van der Waals surface area (Å²) in [6.45, 7) is 9.27. The number of piperidine rings is 1. The summed E-state index contributed by atoms with van der Waals surface area (Å²) in [4.78, 5) is 32.7. The first-order chi connectivity index (χ1) is 15.3. The average Bonchev–Trinajstić information content (AvgIpc) is 2.77. The van der Waals surface area contributed by atoms with E-state index < -0.39 is 0 Å². The van der Waals surface area contributed by atoms with Crippen LogP contribution in [0.15, 0.2) is 48.5 Å². The number of aryl methyl sites for hydroxylation is 2. The minimum Gasteiger partial charge on any atom is -0.354 e. The third-order valence-corrected chi connectivity index (χ3v) is 6.19. The molecule has 1 N–H and O–H groups in total. The quantitative estimate of drug-likeness (QED) is 0.642. The Bertz CT molecular complexity index is 1160. The third kappa shape index (κ3) is 4.52. The molecular weight excluding hydrogens is 398 g/mol. The molecule has 0 aliphatic carbocycles. The van der Waals surface area contributed by atoms with Gasteiger partial charge in [-0.25, -0.2) is 4.98 Å². The van der Waals surface area contributed by atoms with Crippen molar-refractivity contribution in [3.8, 4) is 11.3 Å². The molecule has 2 amide bonds. The summed E-state index contributed by atoms with van der Waals surface area (Å²) in [5, 5.41) is 3.86. The number of likely N-dealkylation sites (tertiary alicyclic amines) is 1. The van der Waals surface area contributed by atoms with Gasteiger partial charge in [-0.3, -0.25) is 9.59 Å². The predicted molar refractivity (Wildman–Crippen MR) is 129 cm³/mol. The fourth-order valence-corrected chi connectivity index (χ4v) is 4.51. The molecule has 0 spiro atoms. The first-order valence-electron chi connectivity index (χ1n) is 11.4. The molecule has 1 aliphatic heterocycles. The highest BCUT2D eigenvalue weighted by Gasteiger charge is 2.29. The number of hydrogen-bond donors (Lipinski definition) is 1. The number of nitrogens with one attached hydrogen (secondary N) is 1. The van der Waals surface area contributed by atoms with Gasteiger partial charge in [-0.2, -0.15) is 0 Å². The molecule has 0 radical (unpaired) electrons. The van der Waals surface area contributed by atoms with Crippen molar-refractivity contribution in [1.82, 2.24) is 15.2 Å². The number of amides is 2. The van der Waals surface area contributed by atoms with Crippen LogP contribution in [0.5, 0.6) is 0 Å². The molecule has 0 saturated carbocycles. The number of benzene rings is 2. The topological polar surface area (TPSA) is 62.3 Å². The predicted octanol–water partition coefficient (Wildman–Crippen LogP) is 4.90. The van der Waals surface area contributed by atoms with Crippen LogP contribution >= 0.6 is 0 Å². The number of fused-ring (bicyclic) bond motifs is 1. The van der Waals surface area contributed by atoms with Crippen molar-refractivity contribution < 1.29 is 9.59 Å². The Kier molecular flexibility index (Phi) is 6.26. The van der Waals surface area contributed by atoms with Crippen LogP contribution in [0.2, 0.25) is 0 Å². The van der Waals surface area contributed by atoms with E-state index in [2.05, 4.69) is 37.4 Å². The van der Waals surface area contributed by atoms with Crippen molar-refractivity contribution >= 4 is 22.7 Å². The monoisotopic (exact) mass is 429 g/mol. The summed E-state index contributed by atoms with van der Waals surface area (Å²) in [5.74, 6) is 0.0809. The van der Waals surface area contributed by atoms with Crippen molar-refractivity contribution in [2.24, 2.45) is 5.92 Å². The lowest BCUT2D eigenvalue weighted by molar-refractivity contribution is -0.126. The number of carbonyl (C=O) groups is 2. The molecule has 5 heteroatoms. The fraction of sp³-hybridized carbons (Fsp3) is 0.370. The molecule has 0 atom stereocenters. The highest BCUT2D eigenvalue weighted by Crippen LogP contribution is 2.29. The molecule has 0 bridgehead atoms. The van der Waals surface area contributed by atoms with Crippen molar-refractivity contribution in [1.29, 1.82) is 0 Å². The van der Waals surface area contributed by atoms with Crippen molar-refractivity contribution in [3.63, 3.8) is 0 Å². The molecule has 166 valence electrons. The molecule has 5 nitrogen and oxygen atoms in total. The minimum atomic E-state index is -0.0265. The van der Waals surface area contributed by atoms with E-state index in [1.54, 1.807) is 0 Å². The number of nitrogens with zero attached hydrogens (tertiary/aromatic N) is 2. The molecule has 2 heterocycles. The van der Waals surface area contributed by atoms with E-state index in [-0.39, 0.29) is 23.8 Å². The van der Waals surface area contributed by atoms with Crippen LogP contribution < -0.4 is 5.32 Å². The molecule has 2 aromatic carbocycles. The summed E-state index contributed by atoms with van der Waals surface area (Å²) in [6.07, 6.45) is 1.38. The number of para-hydroxylation sites is 1. The van der Waals surface area contributed by atoms with Gasteiger partial charge < -0.3 is 10.2 Å². The Labute approximate surface area is 189 Å². The number of aromatic nitrogens is 1. The number of rotatable bonds is 4. The second-order valence-electron chi connectivity index (χ2n) is 9.12. The normalized spacial score (nSPS) is 14.7. The smallest absolute Gasteiger partial charge is 0.254 e. The maximum absolute atomic E-state index is 13.6. The van der Waals surface area contributed by atoms with Crippen LogP contribution in [0.1, 0.15) is 48.2 Å². The van der Waals surface area contributed by atoms with Gasteiger partial charge in [0.05, 0.1) is 16.8 Å². The van der Waals surface area contributed by atoms with Gasteiger partial charge in [-0.15, -0.1) is 0 Å². The highest BCUT2D eigenvalue weighted by atomic mass is 16.2. The minimum absolute atomic E-state index is 0.0114. The van der Waals surface area contributed by atoms with E-state index in [4.69, 9.17) is 4.98 Å². The molecule has 1 aliphatic rings. The Balaban J connectivity index is 1.64. The van der Waals surface area contributed by atoms with Gasteiger partial charge in [0, 0.05) is 36.0 Å². The van der Waals surface area contributed by atoms with Crippen molar-refractivity contribution in [2.45, 2.75) is 46.6 Å². The van der Waals surface area contributed by atoms with Gasteiger partial charge in [0.15, 0.2) is 0 Å². The summed E-state index contributed by atoms with van der Waals surface area (Å²) in [7, 11) is 0. The standard InChI is InChI=1S/C27H31N3O2/c1-17(2)28-26(31)20-11-13-30(14-12-20)27(32)23-16-25(21-10-9-18(3)15-19(21)4)29-24-8-6-5-7-22(23)24/h5-10,15-17,20H,11-14H2,1-4H3,(H,28,31). The molecule has 1 aromatic heterocycles. The zero-order chi connectivity index (χ0) is 22.8. The summed E-state index contributed by atoms with van der Waals surface area (Å²) in [5.41, 5.74) is 5.70. The molecule has 1 fully saturated rings. The van der Waals surface area contributed by atoms with E-state index in [0.717, 1.165) is 27.7 Å². The summed E-state index contributed by atoms with van der Waals surface area (Å²) in [6, 6.07) is 16.2. The number of carbonyl (C=O) groups excluding carboxylic acids is 2. The molecule has 0 unspecified atom stereocenters. The van der Waals surface area contributed by atoms with Crippen LogP contribution in [0.3, 0.4) is 0 Å². The van der Waals surface area contributed by atoms with Crippen LogP contribution in [0.25, 0.3) is 22.2 Å². The average molecular weight is 430 g/mol. The van der Waals surface area contributed by atoms with Gasteiger partial charge in [-0.1, -0.05) is 42.0 Å².